The van der Waals surface area contributed by atoms with Crippen molar-refractivity contribution in [2.45, 2.75) is 31.3 Å². The predicted molar refractivity (Wildman–Crippen MR) is 45.7 cm³/mol. The fourth-order valence-electron chi connectivity index (χ4n) is 2.10. The van der Waals surface area contributed by atoms with E-state index in [1.54, 1.807) is 0 Å². The normalized spacial score (nSPS) is 30.4. The minimum absolute atomic E-state index is 0.0579. The molecule has 1 aliphatic carbocycles. The van der Waals surface area contributed by atoms with E-state index in [2.05, 4.69) is 10.3 Å². The van der Waals surface area contributed by atoms with Crippen LogP contribution in [0.2, 0.25) is 0 Å². The molecule has 0 amide bonds. The molecule has 0 atom stereocenters. The van der Waals surface area contributed by atoms with E-state index >= 15 is 0 Å². The quantitative estimate of drug-likeness (QED) is 0.337. The first kappa shape index (κ1) is 8.98. The molecule has 2 fully saturated rings. The Labute approximate surface area is 79.8 Å². The molecule has 0 radical (unpaired) electrons. The van der Waals surface area contributed by atoms with Gasteiger partial charge >= 0.3 is 5.97 Å². The van der Waals surface area contributed by atoms with Gasteiger partial charge in [-0.3, -0.25) is 0 Å². The molecule has 0 aromatic rings. The lowest BCUT2D eigenvalue weighted by atomic mass is 9.95. The van der Waals surface area contributed by atoms with Crippen molar-refractivity contribution in [2.24, 2.45) is 10.3 Å². The zero-order valence-electron chi connectivity index (χ0n) is 7.43. The lowest BCUT2D eigenvalue weighted by Gasteiger charge is -2.19. The van der Waals surface area contributed by atoms with Gasteiger partial charge in [0.25, 0.3) is 0 Å². The van der Waals surface area contributed by atoms with E-state index in [1.165, 1.54) is 0 Å². The number of carbonyl (C=O) groups excluding carboxylic acids is 1. The van der Waals surface area contributed by atoms with Gasteiger partial charge < -0.3 is 15.2 Å². The summed E-state index contributed by atoms with van der Waals surface area (Å²) in [6.45, 7) is 0. The summed E-state index contributed by atoms with van der Waals surface area (Å²) in [6, 6.07) is 0. The van der Waals surface area contributed by atoms with Crippen molar-refractivity contribution in [3.63, 3.8) is 0 Å². The van der Waals surface area contributed by atoms with Gasteiger partial charge in [-0.2, -0.15) is 0 Å². The Balaban J connectivity index is 2.43. The summed E-state index contributed by atoms with van der Waals surface area (Å²) in [7, 11) is 0. The van der Waals surface area contributed by atoms with Crippen LogP contribution >= 0.6 is 0 Å². The van der Waals surface area contributed by atoms with Crippen LogP contribution in [0.5, 0.6) is 0 Å². The molecule has 0 aromatic heterocycles. The molecular formula is C8H10N2O4. The summed E-state index contributed by atoms with van der Waals surface area (Å²) in [5.41, 5.74) is -1.06. The maximum Gasteiger partial charge on any atom is 0.363 e. The molecule has 1 aliphatic heterocycles. The fraction of sp³-hybridized carbons (Fsp3) is 0.625. The first-order valence-electron chi connectivity index (χ1n) is 4.42. The highest BCUT2D eigenvalue weighted by Crippen LogP contribution is 2.38. The first-order chi connectivity index (χ1) is 6.73. The molecule has 6 heteroatoms. The predicted octanol–water partition coefficient (Wildman–Crippen LogP) is 0.516. The first-order valence-corrected chi connectivity index (χ1v) is 4.42. The molecular weight excluding hydrogens is 188 g/mol. The van der Waals surface area contributed by atoms with Gasteiger partial charge in [0.2, 0.25) is 5.71 Å². The number of esters is 1. The van der Waals surface area contributed by atoms with E-state index in [1.807, 2.05) is 0 Å². The molecule has 1 spiro atoms. The number of oxime groups is 2. The Kier molecular flexibility index (Phi) is 1.90. The molecule has 1 saturated heterocycles. The highest BCUT2D eigenvalue weighted by atomic mass is 16.6. The molecule has 6 nitrogen and oxygen atoms in total. The van der Waals surface area contributed by atoms with E-state index < -0.39 is 11.6 Å². The minimum Gasteiger partial charge on any atom is -0.447 e. The molecule has 0 unspecified atom stereocenters. The van der Waals surface area contributed by atoms with E-state index in [-0.39, 0.29) is 11.4 Å². The largest absolute Gasteiger partial charge is 0.447 e. The van der Waals surface area contributed by atoms with E-state index in [0.29, 0.717) is 12.8 Å². The topological polar surface area (TPSA) is 91.5 Å². The number of hydrogen-bond donors (Lipinski definition) is 2. The Morgan fingerprint density at radius 2 is 1.86 bits per heavy atom. The molecule has 2 N–H and O–H groups in total. The third-order valence-electron chi connectivity index (χ3n) is 2.75. The van der Waals surface area contributed by atoms with Gasteiger partial charge in [0.15, 0.2) is 11.3 Å². The average molecular weight is 198 g/mol. The lowest BCUT2D eigenvalue weighted by Crippen LogP contribution is -2.34. The molecule has 0 aromatic carbocycles. The second kappa shape index (κ2) is 2.97. The maximum absolute atomic E-state index is 11.2. The van der Waals surface area contributed by atoms with Gasteiger partial charge in [-0.25, -0.2) is 4.79 Å². The van der Waals surface area contributed by atoms with Gasteiger partial charge in [-0.05, 0) is 25.7 Å². The Bertz CT molecular complexity index is 328. The zero-order valence-corrected chi connectivity index (χ0v) is 7.43. The second-order valence-electron chi connectivity index (χ2n) is 3.49. The summed E-state index contributed by atoms with van der Waals surface area (Å²) < 4.78 is 5.10. The van der Waals surface area contributed by atoms with Crippen LogP contribution in [0.3, 0.4) is 0 Å². The Morgan fingerprint density at radius 1 is 1.21 bits per heavy atom. The Hall–Kier alpha value is -1.59. The van der Waals surface area contributed by atoms with Crippen LogP contribution in [0.25, 0.3) is 0 Å². The van der Waals surface area contributed by atoms with E-state index in [4.69, 9.17) is 15.2 Å². The third kappa shape index (κ3) is 0.997. The number of rotatable bonds is 0. The monoisotopic (exact) mass is 198 g/mol. The van der Waals surface area contributed by atoms with Gasteiger partial charge in [0, 0.05) is 0 Å². The smallest absolute Gasteiger partial charge is 0.363 e. The van der Waals surface area contributed by atoms with Crippen molar-refractivity contribution in [2.75, 3.05) is 0 Å². The highest BCUT2D eigenvalue weighted by Gasteiger charge is 2.53. The van der Waals surface area contributed by atoms with Crippen LogP contribution in [0.15, 0.2) is 10.3 Å². The van der Waals surface area contributed by atoms with Crippen molar-refractivity contribution < 1.29 is 19.9 Å². The van der Waals surface area contributed by atoms with Crippen molar-refractivity contribution in [1.29, 1.82) is 0 Å². The van der Waals surface area contributed by atoms with Gasteiger partial charge in [0.1, 0.15) is 0 Å². The summed E-state index contributed by atoms with van der Waals surface area (Å²) >= 11 is 0. The minimum atomic E-state index is -0.840. The van der Waals surface area contributed by atoms with Crippen molar-refractivity contribution in [1.82, 2.24) is 0 Å². The SMILES string of the molecule is O=C1OC2(CCCC2)C(=NO)C1=NO. The van der Waals surface area contributed by atoms with Crippen LogP contribution in [-0.2, 0) is 9.53 Å². The molecule has 2 aliphatic rings. The van der Waals surface area contributed by atoms with Crippen LogP contribution in [-0.4, -0.2) is 33.4 Å². The molecule has 76 valence electrons. The maximum atomic E-state index is 11.2. The van der Waals surface area contributed by atoms with Crippen LogP contribution in [0.1, 0.15) is 25.7 Å². The fourth-order valence-corrected chi connectivity index (χ4v) is 2.10. The zero-order chi connectivity index (χ0) is 10.2. The number of ether oxygens (including phenoxy) is 1. The van der Waals surface area contributed by atoms with Crippen LogP contribution in [0.4, 0.5) is 0 Å². The molecule has 0 bridgehead atoms. The Morgan fingerprint density at radius 3 is 2.36 bits per heavy atom. The number of nitrogens with zero attached hydrogens (tertiary/aromatic N) is 2. The summed E-state index contributed by atoms with van der Waals surface area (Å²) in [4.78, 5) is 11.2. The van der Waals surface area contributed by atoms with Crippen molar-refractivity contribution in [3.05, 3.63) is 0 Å². The van der Waals surface area contributed by atoms with E-state index in [9.17, 15) is 4.79 Å². The summed E-state index contributed by atoms with van der Waals surface area (Å²) in [6.07, 6.45) is 3.06. The average Bonchev–Trinajstić information content (AvgIpc) is 2.72. The molecule has 1 saturated carbocycles. The molecule has 1 heterocycles. The summed E-state index contributed by atoms with van der Waals surface area (Å²) in [5, 5.41) is 23.1. The van der Waals surface area contributed by atoms with Crippen LogP contribution < -0.4 is 0 Å². The second-order valence-corrected chi connectivity index (χ2v) is 3.49. The van der Waals surface area contributed by atoms with Crippen molar-refractivity contribution >= 4 is 17.4 Å². The van der Waals surface area contributed by atoms with E-state index in [0.717, 1.165) is 12.8 Å². The number of carbonyl (C=O) groups is 1. The van der Waals surface area contributed by atoms with Gasteiger partial charge in [-0.15, -0.1) is 0 Å². The van der Waals surface area contributed by atoms with Gasteiger partial charge in [0.05, 0.1) is 0 Å². The lowest BCUT2D eigenvalue weighted by molar-refractivity contribution is -0.141. The van der Waals surface area contributed by atoms with Crippen LogP contribution in [0, 0.1) is 0 Å². The standard InChI is InChI=1S/C8H10N2O4/c11-7-5(9-12)6(10-13)8(14-7)3-1-2-4-8/h12-13H,1-4H2. The summed E-state index contributed by atoms with van der Waals surface area (Å²) in [5.74, 6) is -0.720. The highest BCUT2D eigenvalue weighted by molar-refractivity contribution is 6.69. The van der Waals surface area contributed by atoms with Gasteiger partial charge in [-0.1, -0.05) is 10.3 Å². The van der Waals surface area contributed by atoms with Crippen molar-refractivity contribution in [3.8, 4) is 0 Å². The molecule has 2 rings (SSSR count). The number of hydrogen-bond acceptors (Lipinski definition) is 6. The molecule has 14 heavy (non-hydrogen) atoms. The third-order valence-corrected chi connectivity index (χ3v) is 2.75.